The van der Waals surface area contributed by atoms with Gasteiger partial charge in [-0.2, -0.15) is 0 Å². The highest BCUT2D eigenvalue weighted by atomic mass is 19.2. The number of halogens is 2. The molecule has 2 N–H and O–H groups in total. The summed E-state index contributed by atoms with van der Waals surface area (Å²) in [6.07, 6.45) is 0.371. The highest BCUT2D eigenvalue weighted by molar-refractivity contribution is 5.96. The number of carboxylic acids is 1. The third-order valence-corrected chi connectivity index (χ3v) is 4.05. The van der Waals surface area contributed by atoms with Crippen LogP contribution in [0.25, 0.3) is 0 Å². The molecule has 2 aliphatic rings. The lowest BCUT2D eigenvalue weighted by atomic mass is 9.78. The fraction of sp³-hybridized carbons (Fsp3) is 0.429. The van der Waals surface area contributed by atoms with Crippen molar-refractivity contribution in [2.45, 2.75) is 25.0 Å². The zero-order chi connectivity index (χ0) is 15.1. The van der Waals surface area contributed by atoms with Gasteiger partial charge in [0.05, 0.1) is 24.0 Å². The lowest BCUT2D eigenvalue weighted by Gasteiger charge is -2.23. The highest BCUT2D eigenvalue weighted by Gasteiger charge is 2.55. The van der Waals surface area contributed by atoms with Gasteiger partial charge in [0.25, 0.3) is 0 Å². The summed E-state index contributed by atoms with van der Waals surface area (Å²) in [5, 5.41) is 11.7. The summed E-state index contributed by atoms with van der Waals surface area (Å²) < 4.78 is 31.4. The van der Waals surface area contributed by atoms with Gasteiger partial charge in [0.2, 0.25) is 5.91 Å². The number of benzene rings is 1. The molecule has 0 saturated carbocycles. The van der Waals surface area contributed by atoms with Crippen LogP contribution < -0.4 is 5.32 Å². The second kappa shape index (κ2) is 5.07. The van der Waals surface area contributed by atoms with Gasteiger partial charge in [-0.25, -0.2) is 8.78 Å². The zero-order valence-corrected chi connectivity index (χ0v) is 10.9. The number of hydrogen-bond acceptors (Lipinski definition) is 3. The summed E-state index contributed by atoms with van der Waals surface area (Å²) in [6.45, 7) is 0. The number of nitrogens with one attached hydrogen (secondary N) is 1. The Bertz CT molecular complexity index is 607. The standard InChI is InChI=1S/C14H13F2NO4/c15-7-2-1-6(5-8(7)16)17-13(18)11-9-3-4-10(21-9)12(11)14(19)20/h1-2,5,9-12H,3-4H2,(H,17,18)(H,19,20)/t9-,10+,11+,12-/m0/s1. The van der Waals surface area contributed by atoms with E-state index in [1.54, 1.807) is 0 Å². The number of rotatable bonds is 3. The summed E-state index contributed by atoms with van der Waals surface area (Å²) in [5.74, 6) is -5.41. The molecule has 5 nitrogen and oxygen atoms in total. The molecule has 2 saturated heterocycles. The highest BCUT2D eigenvalue weighted by Crippen LogP contribution is 2.44. The summed E-state index contributed by atoms with van der Waals surface area (Å²) in [6, 6.07) is 2.98. The fourth-order valence-electron chi connectivity index (χ4n) is 3.12. The molecule has 2 aliphatic heterocycles. The van der Waals surface area contributed by atoms with E-state index < -0.39 is 47.6 Å². The lowest BCUT2D eigenvalue weighted by molar-refractivity contribution is -0.147. The maximum absolute atomic E-state index is 13.1. The Morgan fingerprint density at radius 1 is 1.14 bits per heavy atom. The number of carboxylic acid groups (broad SMARTS) is 1. The van der Waals surface area contributed by atoms with Crippen molar-refractivity contribution >= 4 is 17.6 Å². The number of hydrogen-bond donors (Lipinski definition) is 2. The Hall–Kier alpha value is -2.02. The van der Waals surface area contributed by atoms with E-state index in [-0.39, 0.29) is 5.69 Å². The van der Waals surface area contributed by atoms with Crippen LogP contribution >= 0.6 is 0 Å². The predicted molar refractivity (Wildman–Crippen MR) is 67.5 cm³/mol. The summed E-state index contributed by atoms with van der Waals surface area (Å²) in [7, 11) is 0. The van der Waals surface area contributed by atoms with Crippen LogP contribution in [0.5, 0.6) is 0 Å². The second-order valence-corrected chi connectivity index (χ2v) is 5.30. The Labute approximate surface area is 118 Å². The third-order valence-electron chi connectivity index (χ3n) is 4.05. The van der Waals surface area contributed by atoms with E-state index in [0.29, 0.717) is 12.8 Å². The van der Waals surface area contributed by atoms with Gasteiger partial charge in [0.1, 0.15) is 0 Å². The van der Waals surface area contributed by atoms with E-state index in [0.717, 1.165) is 12.1 Å². The third kappa shape index (κ3) is 2.37. The van der Waals surface area contributed by atoms with Crippen LogP contribution in [0.3, 0.4) is 0 Å². The first-order valence-electron chi connectivity index (χ1n) is 6.61. The Kier molecular flexibility index (Phi) is 3.36. The zero-order valence-electron chi connectivity index (χ0n) is 10.9. The number of carbonyl (C=O) groups is 2. The van der Waals surface area contributed by atoms with Gasteiger partial charge in [-0.3, -0.25) is 9.59 Å². The molecule has 2 heterocycles. The van der Waals surface area contributed by atoms with Crippen LogP contribution in [-0.4, -0.2) is 29.2 Å². The average molecular weight is 297 g/mol. The molecule has 1 aromatic carbocycles. The number of amides is 1. The molecule has 0 aliphatic carbocycles. The monoisotopic (exact) mass is 297 g/mol. The molecule has 0 unspecified atom stereocenters. The van der Waals surface area contributed by atoms with E-state index in [2.05, 4.69) is 5.32 Å². The molecule has 21 heavy (non-hydrogen) atoms. The van der Waals surface area contributed by atoms with Crippen LogP contribution in [0, 0.1) is 23.5 Å². The maximum atomic E-state index is 13.1. The van der Waals surface area contributed by atoms with Crippen molar-refractivity contribution in [2.24, 2.45) is 11.8 Å². The van der Waals surface area contributed by atoms with Crippen LogP contribution in [0.15, 0.2) is 18.2 Å². The number of aliphatic carboxylic acids is 1. The molecule has 3 rings (SSSR count). The minimum Gasteiger partial charge on any atom is -0.481 e. The molecule has 2 bridgehead atoms. The van der Waals surface area contributed by atoms with E-state index in [9.17, 15) is 23.5 Å². The van der Waals surface area contributed by atoms with Gasteiger partial charge in [-0.15, -0.1) is 0 Å². The number of carbonyl (C=O) groups excluding carboxylic acids is 1. The predicted octanol–water partition coefficient (Wildman–Crippen LogP) is 1.78. The number of ether oxygens (including phenoxy) is 1. The molecule has 112 valence electrons. The van der Waals surface area contributed by atoms with Crippen molar-refractivity contribution in [2.75, 3.05) is 5.32 Å². The minimum absolute atomic E-state index is 0.0887. The fourth-order valence-corrected chi connectivity index (χ4v) is 3.12. The topological polar surface area (TPSA) is 75.6 Å². The van der Waals surface area contributed by atoms with Crippen molar-refractivity contribution in [3.63, 3.8) is 0 Å². The smallest absolute Gasteiger partial charge is 0.310 e. The molecular weight excluding hydrogens is 284 g/mol. The van der Waals surface area contributed by atoms with Crippen molar-refractivity contribution < 1.29 is 28.2 Å². The molecule has 0 aromatic heterocycles. The summed E-state index contributed by atoms with van der Waals surface area (Å²) in [4.78, 5) is 23.5. The molecule has 0 spiro atoms. The van der Waals surface area contributed by atoms with E-state index >= 15 is 0 Å². The van der Waals surface area contributed by atoms with Gasteiger partial charge in [0.15, 0.2) is 11.6 Å². The molecule has 4 atom stereocenters. The molecule has 1 aromatic rings. The molecule has 1 amide bonds. The van der Waals surface area contributed by atoms with Crippen molar-refractivity contribution in [3.05, 3.63) is 29.8 Å². The second-order valence-electron chi connectivity index (χ2n) is 5.30. The van der Waals surface area contributed by atoms with Crippen LogP contribution in [-0.2, 0) is 14.3 Å². The van der Waals surface area contributed by atoms with Crippen LogP contribution in [0.2, 0.25) is 0 Å². The first-order valence-corrected chi connectivity index (χ1v) is 6.61. The van der Waals surface area contributed by atoms with Gasteiger partial charge < -0.3 is 15.2 Å². The maximum Gasteiger partial charge on any atom is 0.310 e. The Morgan fingerprint density at radius 3 is 2.43 bits per heavy atom. The van der Waals surface area contributed by atoms with Crippen molar-refractivity contribution in [3.8, 4) is 0 Å². The number of fused-ring (bicyclic) bond motifs is 2. The summed E-state index contributed by atoms with van der Waals surface area (Å²) >= 11 is 0. The van der Waals surface area contributed by atoms with Gasteiger partial charge in [0, 0.05) is 11.8 Å². The normalized spacial score (nSPS) is 30.4. The first kappa shape index (κ1) is 13.9. The van der Waals surface area contributed by atoms with Crippen molar-refractivity contribution in [1.29, 1.82) is 0 Å². The summed E-state index contributed by atoms with van der Waals surface area (Å²) in [5.41, 5.74) is 0.0887. The van der Waals surface area contributed by atoms with Gasteiger partial charge in [-0.05, 0) is 25.0 Å². The average Bonchev–Trinajstić information content (AvgIpc) is 3.03. The quantitative estimate of drug-likeness (QED) is 0.891. The van der Waals surface area contributed by atoms with Crippen molar-refractivity contribution in [1.82, 2.24) is 0 Å². The molecule has 7 heteroatoms. The lowest BCUT2D eigenvalue weighted by Crippen LogP contribution is -2.40. The van der Waals surface area contributed by atoms with E-state index in [1.807, 2.05) is 0 Å². The molecule has 2 fully saturated rings. The SMILES string of the molecule is O=C(O)[C@@H]1[C@H](C(=O)Nc2ccc(F)c(F)c2)[C@@H]2CC[C@H]1O2. The van der Waals surface area contributed by atoms with Crippen LogP contribution in [0.4, 0.5) is 14.5 Å². The minimum atomic E-state index is -1.08. The Morgan fingerprint density at radius 2 is 1.81 bits per heavy atom. The largest absolute Gasteiger partial charge is 0.481 e. The Balaban J connectivity index is 1.78. The molecule has 0 radical (unpaired) electrons. The van der Waals surface area contributed by atoms with Gasteiger partial charge >= 0.3 is 5.97 Å². The van der Waals surface area contributed by atoms with E-state index in [1.165, 1.54) is 6.07 Å². The number of anilines is 1. The van der Waals surface area contributed by atoms with E-state index in [4.69, 9.17) is 4.74 Å². The first-order chi connectivity index (χ1) is 9.97. The van der Waals surface area contributed by atoms with Crippen LogP contribution in [0.1, 0.15) is 12.8 Å². The molecular formula is C14H13F2NO4. The van der Waals surface area contributed by atoms with Gasteiger partial charge in [-0.1, -0.05) is 0 Å².